The van der Waals surface area contributed by atoms with Crippen LogP contribution in [-0.2, 0) is 18.4 Å². The first kappa shape index (κ1) is 20.2. The van der Waals surface area contributed by atoms with E-state index >= 15 is 0 Å². The number of benzene rings is 2. The van der Waals surface area contributed by atoms with Gasteiger partial charge in [0.15, 0.2) is 11.0 Å². The maximum absolute atomic E-state index is 12.4. The number of anilines is 2. The molecular weight excluding hydrogens is 394 g/mol. The van der Waals surface area contributed by atoms with Crippen LogP contribution in [0, 0.1) is 6.92 Å². The number of halogens is 1. The minimum absolute atomic E-state index is 0.0758. The van der Waals surface area contributed by atoms with Crippen LogP contribution in [0.1, 0.15) is 18.3 Å². The zero-order valence-electron chi connectivity index (χ0n) is 15.9. The number of hydrogen-bond acceptors (Lipinski definition) is 5. The lowest BCUT2D eigenvalue weighted by molar-refractivity contribution is -0.115. The fourth-order valence-electron chi connectivity index (χ4n) is 2.46. The van der Waals surface area contributed by atoms with E-state index in [-0.39, 0.29) is 11.2 Å². The largest absolute Gasteiger partial charge is 0.378 e. The lowest BCUT2D eigenvalue weighted by Gasteiger charge is -2.12. The average Bonchev–Trinajstić information content (AvgIpc) is 3.03. The second-order valence-corrected chi connectivity index (χ2v) is 8.11. The highest BCUT2D eigenvalue weighted by Crippen LogP contribution is 2.24. The normalized spacial score (nSPS) is 11.9. The molecule has 1 amide bonds. The number of thioether (sulfide) groups is 1. The van der Waals surface area contributed by atoms with Crippen molar-refractivity contribution in [3.05, 3.63) is 64.9 Å². The Labute approximate surface area is 173 Å². The summed E-state index contributed by atoms with van der Waals surface area (Å²) in [5, 5.41) is 15.8. The average molecular weight is 416 g/mol. The van der Waals surface area contributed by atoms with Gasteiger partial charge < -0.3 is 15.2 Å². The quantitative estimate of drug-likeness (QED) is 0.555. The number of para-hydroxylation sites is 1. The van der Waals surface area contributed by atoms with Crippen LogP contribution in [0.5, 0.6) is 0 Å². The second-order valence-electron chi connectivity index (χ2n) is 6.39. The van der Waals surface area contributed by atoms with Gasteiger partial charge in [-0.25, -0.2) is 0 Å². The van der Waals surface area contributed by atoms with Gasteiger partial charge in [-0.05, 0) is 43.7 Å². The number of hydrogen-bond donors (Lipinski definition) is 2. The fraction of sp³-hybridized carbons (Fsp3) is 0.250. The molecule has 3 rings (SSSR count). The monoisotopic (exact) mass is 415 g/mol. The van der Waals surface area contributed by atoms with Crippen molar-refractivity contribution < 1.29 is 4.79 Å². The zero-order valence-corrected chi connectivity index (χ0v) is 17.5. The van der Waals surface area contributed by atoms with E-state index < -0.39 is 0 Å². The Kier molecular flexibility index (Phi) is 6.59. The van der Waals surface area contributed by atoms with E-state index in [9.17, 15) is 4.79 Å². The molecule has 0 bridgehead atoms. The Morgan fingerprint density at radius 3 is 2.64 bits per heavy atom. The predicted molar refractivity (Wildman–Crippen MR) is 115 cm³/mol. The molecule has 1 heterocycles. The molecule has 1 atom stereocenters. The molecule has 8 heteroatoms. The molecule has 0 aliphatic carbocycles. The summed E-state index contributed by atoms with van der Waals surface area (Å²) in [5.41, 5.74) is 2.73. The van der Waals surface area contributed by atoms with E-state index in [2.05, 4.69) is 20.8 Å². The highest BCUT2D eigenvalue weighted by atomic mass is 35.5. The molecule has 0 saturated carbocycles. The van der Waals surface area contributed by atoms with Gasteiger partial charge in [0, 0.05) is 23.4 Å². The summed E-state index contributed by atoms with van der Waals surface area (Å²) in [5.74, 6) is 0.697. The molecule has 0 aliphatic heterocycles. The molecule has 0 spiro atoms. The second kappa shape index (κ2) is 9.12. The van der Waals surface area contributed by atoms with Crippen molar-refractivity contribution in [3.8, 4) is 0 Å². The highest BCUT2D eigenvalue weighted by Gasteiger charge is 2.19. The number of carbonyl (C=O) groups is 1. The van der Waals surface area contributed by atoms with Crippen molar-refractivity contribution in [3.63, 3.8) is 0 Å². The number of amides is 1. The van der Waals surface area contributed by atoms with Crippen LogP contribution in [0.3, 0.4) is 0 Å². The van der Waals surface area contributed by atoms with Crippen molar-refractivity contribution in [2.24, 2.45) is 7.05 Å². The van der Waals surface area contributed by atoms with Gasteiger partial charge in [0.05, 0.1) is 11.8 Å². The van der Waals surface area contributed by atoms with Crippen molar-refractivity contribution in [1.29, 1.82) is 0 Å². The number of nitrogens with zero attached hydrogens (tertiary/aromatic N) is 3. The molecule has 0 aliphatic rings. The Balaban J connectivity index is 1.59. The number of aryl methyl sites for hydroxylation is 1. The summed E-state index contributed by atoms with van der Waals surface area (Å²) in [7, 11) is 1.89. The number of carbonyl (C=O) groups excluding carboxylic acids is 1. The smallest absolute Gasteiger partial charge is 0.237 e. The third kappa shape index (κ3) is 5.05. The molecule has 1 unspecified atom stereocenters. The molecular formula is C20H22ClN5OS. The van der Waals surface area contributed by atoms with Gasteiger partial charge in [0.1, 0.15) is 0 Å². The summed E-state index contributed by atoms with van der Waals surface area (Å²) in [6.07, 6.45) is 0. The Morgan fingerprint density at radius 2 is 1.93 bits per heavy atom. The van der Waals surface area contributed by atoms with Crippen LogP contribution in [0.2, 0.25) is 5.02 Å². The third-order valence-electron chi connectivity index (χ3n) is 4.24. The van der Waals surface area contributed by atoms with Gasteiger partial charge in [-0.3, -0.25) is 4.79 Å². The van der Waals surface area contributed by atoms with Gasteiger partial charge in [0.25, 0.3) is 0 Å². The topological polar surface area (TPSA) is 71.8 Å². The van der Waals surface area contributed by atoms with E-state index in [1.54, 1.807) is 0 Å². The molecule has 6 nitrogen and oxygen atoms in total. The first-order valence-corrected chi connectivity index (χ1v) is 10.1. The van der Waals surface area contributed by atoms with E-state index in [0.717, 1.165) is 27.8 Å². The van der Waals surface area contributed by atoms with Crippen LogP contribution in [0.25, 0.3) is 0 Å². The van der Waals surface area contributed by atoms with Gasteiger partial charge in [-0.1, -0.05) is 47.6 Å². The Hall–Kier alpha value is -2.51. The number of nitrogens with one attached hydrogen (secondary N) is 2. The van der Waals surface area contributed by atoms with Crippen molar-refractivity contribution in [1.82, 2.24) is 14.8 Å². The minimum atomic E-state index is -0.306. The first-order valence-electron chi connectivity index (χ1n) is 8.85. The molecule has 2 N–H and O–H groups in total. The fourth-order valence-corrected chi connectivity index (χ4v) is 3.48. The maximum Gasteiger partial charge on any atom is 0.237 e. The highest BCUT2D eigenvalue weighted by molar-refractivity contribution is 8.00. The standard InChI is InChI=1S/C20H22ClN5OS/c1-13-9-10-16(11-17(13)21)22-12-18-24-25-20(26(18)3)28-14(2)19(27)23-15-7-5-4-6-8-15/h4-11,14,22H,12H2,1-3H3,(H,23,27). The van der Waals surface area contributed by atoms with Crippen molar-refractivity contribution in [2.45, 2.75) is 30.8 Å². The third-order valence-corrected chi connectivity index (χ3v) is 5.78. The summed E-state index contributed by atoms with van der Waals surface area (Å²) >= 11 is 7.53. The molecule has 0 saturated heterocycles. The summed E-state index contributed by atoms with van der Waals surface area (Å²) in [4.78, 5) is 12.4. The van der Waals surface area contributed by atoms with Gasteiger partial charge >= 0.3 is 0 Å². The molecule has 146 valence electrons. The van der Waals surface area contributed by atoms with Crippen LogP contribution in [0.4, 0.5) is 11.4 Å². The van der Waals surface area contributed by atoms with E-state index in [1.165, 1.54) is 11.8 Å². The van der Waals surface area contributed by atoms with Gasteiger partial charge in [-0.15, -0.1) is 10.2 Å². The summed E-state index contributed by atoms with van der Waals surface area (Å²) < 4.78 is 1.89. The molecule has 1 aromatic heterocycles. The zero-order chi connectivity index (χ0) is 20.1. The van der Waals surface area contributed by atoms with E-state index in [0.29, 0.717) is 11.7 Å². The van der Waals surface area contributed by atoms with Crippen LogP contribution in [0.15, 0.2) is 53.7 Å². The number of aromatic nitrogens is 3. The lowest BCUT2D eigenvalue weighted by Crippen LogP contribution is -2.22. The van der Waals surface area contributed by atoms with E-state index in [1.807, 2.05) is 74.0 Å². The summed E-state index contributed by atoms with van der Waals surface area (Å²) in [6, 6.07) is 15.2. The molecule has 28 heavy (non-hydrogen) atoms. The first-order chi connectivity index (χ1) is 13.4. The number of rotatable bonds is 7. The Morgan fingerprint density at radius 1 is 1.18 bits per heavy atom. The molecule has 3 aromatic rings. The predicted octanol–water partition coefficient (Wildman–Crippen LogP) is 4.51. The molecule has 2 aromatic carbocycles. The van der Waals surface area contributed by atoms with Crippen molar-refractivity contribution in [2.75, 3.05) is 10.6 Å². The SMILES string of the molecule is Cc1ccc(NCc2nnc(SC(C)C(=O)Nc3ccccc3)n2C)cc1Cl. The van der Waals surface area contributed by atoms with Crippen LogP contribution < -0.4 is 10.6 Å². The summed E-state index contributed by atoms with van der Waals surface area (Å²) in [6.45, 7) is 4.32. The molecule has 0 fully saturated rings. The van der Waals surface area contributed by atoms with Gasteiger partial charge in [-0.2, -0.15) is 0 Å². The van der Waals surface area contributed by atoms with E-state index in [4.69, 9.17) is 11.6 Å². The van der Waals surface area contributed by atoms with Crippen molar-refractivity contribution >= 4 is 40.6 Å². The maximum atomic E-state index is 12.4. The minimum Gasteiger partial charge on any atom is -0.378 e. The lowest BCUT2D eigenvalue weighted by atomic mass is 10.2. The van der Waals surface area contributed by atoms with Crippen LogP contribution >= 0.6 is 23.4 Å². The Bertz CT molecular complexity index is 960. The van der Waals surface area contributed by atoms with Crippen LogP contribution in [-0.4, -0.2) is 25.9 Å². The molecule has 0 radical (unpaired) electrons. The van der Waals surface area contributed by atoms with Gasteiger partial charge in [0.2, 0.25) is 5.91 Å².